The van der Waals surface area contributed by atoms with Crippen molar-refractivity contribution in [2.75, 3.05) is 24.2 Å². The van der Waals surface area contributed by atoms with Crippen molar-refractivity contribution >= 4 is 22.3 Å². The number of nitrogen functional groups attached to an aromatic ring is 1. The first-order valence-corrected chi connectivity index (χ1v) is 5.04. The van der Waals surface area contributed by atoms with Gasteiger partial charge >= 0.3 is 0 Å². The molecule has 0 aromatic carbocycles. The third kappa shape index (κ3) is 2.37. The van der Waals surface area contributed by atoms with Crippen molar-refractivity contribution in [3.05, 3.63) is 5.38 Å². The molecule has 0 amide bonds. The Balaban J connectivity index is 2.47. The minimum atomic E-state index is 0.647. The van der Waals surface area contributed by atoms with Crippen molar-refractivity contribution in [1.82, 2.24) is 4.98 Å². The summed E-state index contributed by atoms with van der Waals surface area (Å²) in [6.45, 7) is 3.24. The van der Waals surface area contributed by atoms with Crippen molar-refractivity contribution < 1.29 is 0 Å². The van der Waals surface area contributed by atoms with Crippen LogP contribution in [0, 0.1) is 0 Å². The molecule has 3 nitrogen and oxygen atoms in total. The molecule has 0 saturated carbocycles. The van der Waals surface area contributed by atoms with Gasteiger partial charge in [0.05, 0.1) is 0 Å². The second-order valence-corrected chi connectivity index (χ2v) is 3.71. The number of unbranched alkanes of at least 4 members (excludes halogenated alkanes) is 1. The van der Waals surface area contributed by atoms with Gasteiger partial charge in [-0.05, 0) is 6.42 Å². The molecule has 0 bridgehead atoms. The molecule has 1 rings (SSSR count). The van der Waals surface area contributed by atoms with Gasteiger partial charge in [0.25, 0.3) is 0 Å². The molecule has 12 heavy (non-hydrogen) atoms. The van der Waals surface area contributed by atoms with Gasteiger partial charge in [0.2, 0.25) is 0 Å². The lowest BCUT2D eigenvalue weighted by atomic mass is 10.3. The summed E-state index contributed by atoms with van der Waals surface area (Å²) < 4.78 is 0. The first-order valence-electron chi connectivity index (χ1n) is 4.16. The van der Waals surface area contributed by atoms with Crippen molar-refractivity contribution in [3.63, 3.8) is 0 Å². The zero-order valence-corrected chi connectivity index (χ0v) is 8.40. The van der Waals surface area contributed by atoms with Gasteiger partial charge in [0, 0.05) is 19.0 Å². The van der Waals surface area contributed by atoms with Crippen LogP contribution >= 0.6 is 11.3 Å². The van der Waals surface area contributed by atoms with Crippen LogP contribution in [0.5, 0.6) is 0 Å². The summed E-state index contributed by atoms with van der Waals surface area (Å²) in [4.78, 5) is 6.32. The highest BCUT2D eigenvalue weighted by molar-refractivity contribution is 7.13. The number of nitrogens with two attached hydrogens (primary N) is 1. The summed E-state index contributed by atoms with van der Waals surface area (Å²) >= 11 is 1.49. The molecular weight excluding hydrogens is 170 g/mol. The van der Waals surface area contributed by atoms with Gasteiger partial charge in [-0.2, -0.15) is 0 Å². The fourth-order valence-corrected chi connectivity index (χ4v) is 1.57. The largest absolute Gasteiger partial charge is 0.375 e. The molecule has 0 saturated heterocycles. The van der Waals surface area contributed by atoms with E-state index in [0.717, 1.165) is 12.4 Å². The van der Waals surface area contributed by atoms with E-state index < -0.39 is 0 Å². The summed E-state index contributed by atoms with van der Waals surface area (Å²) in [5.74, 6) is 0.992. The molecule has 0 aliphatic heterocycles. The average molecular weight is 185 g/mol. The van der Waals surface area contributed by atoms with Crippen LogP contribution in [0.3, 0.4) is 0 Å². The molecule has 0 fully saturated rings. The lowest BCUT2D eigenvalue weighted by molar-refractivity contribution is 0.761. The summed E-state index contributed by atoms with van der Waals surface area (Å²) in [7, 11) is 2.05. The molecular formula is C8H15N3S. The fourth-order valence-electron chi connectivity index (χ4n) is 0.964. The monoisotopic (exact) mass is 185 g/mol. The number of anilines is 2. The summed E-state index contributed by atoms with van der Waals surface area (Å²) in [5, 5.41) is 2.64. The highest BCUT2D eigenvalue weighted by atomic mass is 32.1. The van der Waals surface area contributed by atoms with Crippen LogP contribution in [-0.2, 0) is 0 Å². The van der Waals surface area contributed by atoms with Crippen molar-refractivity contribution in [2.45, 2.75) is 19.8 Å². The molecule has 68 valence electrons. The van der Waals surface area contributed by atoms with Gasteiger partial charge in [-0.3, -0.25) is 0 Å². The van der Waals surface area contributed by atoms with E-state index >= 15 is 0 Å². The molecule has 0 aliphatic carbocycles. The van der Waals surface area contributed by atoms with E-state index in [2.05, 4.69) is 16.8 Å². The maximum absolute atomic E-state index is 5.53. The lowest BCUT2D eigenvalue weighted by Crippen LogP contribution is -2.18. The van der Waals surface area contributed by atoms with Crippen LogP contribution in [0.15, 0.2) is 5.38 Å². The Bertz CT molecular complexity index is 234. The highest BCUT2D eigenvalue weighted by Crippen LogP contribution is 2.18. The molecule has 1 aromatic rings. The molecule has 1 heterocycles. The Morgan fingerprint density at radius 2 is 2.42 bits per heavy atom. The number of aromatic nitrogens is 1. The Hall–Kier alpha value is -0.770. The first-order chi connectivity index (χ1) is 5.74. The first kappa shape index (κ1) is 9.32. The van der Waals surface area contributed by atoms with E-state index in [1.54, 1.807) is 0 Å². The van der Waals surface area contributed by atoms with Gasteiger partial charge in [-0.15, -0.1) is 11.3 Å². The van der Waals surface area contributed by atoms with Gasteiger partial charge in [0.1, 0.15) is 5.82 Å². The van der Waals surface area contributed by atoms with Crippen LogP contribution in [0.25, 0.3) is 0 Å². The SMILES string of the molecule is CCCCN(C)c1csc(N)n1. The third-order valence-electron chi connectivity index (χ3n) is 1.75. The van der Waals surface area contributed by atoms with Gasteiger partial charge in [-0.25, -0.2) is 4.98 Å². The molecule has 4 heteroatoms. The van der Waals surface area contributed by atoms with Crippen molar-refractivity contribution in [1.29, 1.82) is 0 Å². The van der Waals surface area contributed by atoms with Gasteiger partial charge in [0.15, 0.2) is 5.13 Å². The molecule has 0 atom stereocenters. The third-order valence-corrected chi connectivity index (χ3v) is 2.41. The van der Waals surface area contributed by atoms with E-state index in [-0.39, 0.29) is 0 Å². The summed E-state index contributed by atoms with van der Waals surface area (Å²) in [6.07, 6.45) is 2.41. The normalized spacial score (nSPS) is 10.2. The van der Waals surface area contributed by atoms with E-state index in [1.807, 2.05) is 12.4 Å². The highest BCUT2D eigenvalue weighted by Gasteiger charge is 2.03. The number of thiazole rings is 1. The van der Waals surface area contributed by atoms with Crippen LogP contribution in [0.1, 0.15) is 19.8 Å². The van der Waals surface area contributed by atoms with E-state index in [0.29, 0.717) is 5.13 Å². The Morgan fingerprint density at radius 1 is 1.67 bits per heavy atom. The Kier molecular flexibility index (Phi) is 3.34. The number of nitrogens with zero attached hydrogens (tertiary/aromatic N) is 2. The van der Waals surface area contributed by atoms with E-state index in [4.69, 9.17) is 5.73 Å². The average Bonchev–Trinajstić information content (AvgIpc) is 2.47. The van der Waals surface area contributed by atoms with Crippen molar-refractivity contribution in [3.8, 4) is 0 Å². The standard InChI is InChI=1S/C8H15N3S/c1-3-4-5-11(2)7-6-12-8(9)10-7/h6H,3-5H2,1-2H3,(H2,9,10). The van der Waals surface area contributed by atoms with E-state index in [1.165, 1.54) is 24.2 Å². The predicted octanol–water partition coefficient (Wildman–Crippen LogP) is 1.96. The molecule has 0 spiro atoms. The smallest absolute Gasteiger partial charge is 0.182 e. The van der Waals surface area contributed by atoms with Crippen LogP contribution in [0.4, 0.5) is 10.9 Å². The van der Waals surface area contributed by atoms with Gasteiger partial charge in [-0.1, -0.05) is 13.3 Å². The maximum Gasteiger partial charge on any atom is 0.182 e. The predicted molar refractivity (Wildman–Crippen MR) is 54.7 cm³/mol. The summed E-state index contributed by atoms with van der Waals surface area (Å²) in [6, 6.07) is 0. The van der Waals surface area contributed by atoms with E-state index in [9.17, 15) is 0 Å². The molecule has 0 aliphatic rings. The number of hydrogen-bond donors (Lipinski definition) is 1. The second kappa shape index (κ2) is 4.30. The topological polar surface area (TPSA) is 42.1 Å². The fraction of sp³-hybridized carbons (Fsp3) is 0.625. The zero-order chi connectivity index (χ0) is 8.97. The molecule has 0 radical (unpaired) electrons. The minimum Gasteiger partial charge on any atom is -0.375 e. The lowest BCUT2D eigenvalue weighted by Gasteiger charge is -2.14. The molecule has 0 unspecified atom stereocenters. The number of hydrogen-bond acceptors (Lipinski definition) is 4. The second-order valence-electron chi connectivity index (χ2n) is 2.82. The summed E-state index contributed by atoms with van der Waals surface area (Å²) in [5.41, 5.74) is 5.53. The van der Waals surface area contributed by atoms with Gasteiger partial charge < -0.3 is 10.6 Å². The van der Waals surface area contributed by atoms with Crippen LogP contribution in [-0.4, -0.2) is 18.6 Å². The van der Waals surface area contributed by atoms with Crippen molar-refractivity contribution in [2.24, 2.45) is 0 Å². The Morgan fingerprint density at radius 3 is 2.92 bits per heavy atom. The molecule has 1 aromatic heterocycles. The quantitative estimate of drug-likeness (QED) is 0.779. The molecule has 2 N–H and O–H groups in total. The van der Waals surface area contributed by atoms with Crippen LogP contribution in [0.2, 0.25) is 0 Å². The Labute approximate surface area is 77.2 Å². The van der Waals surface area contributed by atoms with Crippen LogP contribution < -0.4 is 10.6 Å². The zero-order valence-electron chi connectivity index (χ0n) is 7.58. The minimum absolute atomic E-state index is 0.647. The number of rotatable bonds is 4. The maximum atomic E-state index is 5.53.